The van der Waals surface area contributed by atoms with E-state index in [0.29, 0.717) is 11.3 Å². The number of aromatic hydroxyl groups is 1. The van der Waals surface area contributed by atoms with E-state index in [9.17, 15) is 5.11 Å². The summed E-state index contributed by atoms with van der Waals surface area (Å²) in [5.41, 5.74) is 8.08. The highest BCUT2D eigenvalue weighted by Gasteiger charge is 2.14. The summed E-state index contributed by atoms with van der Waals surface area (Å²) in [4.78, 5) is 10.4. The maximum atomic E-state index is 10.1. The van der Waals surface area contributed by atoms with Crippen LogP contribution >= 0.6 is 0 Å². The van der Waals surface area contributed by atoms with Crippen LogP contribution in [-0.4, -0.2) is 28.2 Å². The summed E-state index contributed by atoms with van der Waals surface area (Å²) in [6.07, 6.45) is 5.34. The van der Waals surface area contributed by atoms with E-state index >= 15 is 0 Å². The number of nitrogen functional groups attached to an aromatic ring is 1. The standard InChI is InChI=1S/C15H18N4O/c16-15-17-7-6-13(18-15)12-10-11(4-5-14(12)20)19-8-2-1-3-9-19/h4-7,10,20H,1-3,8-9H2,(H2,16,17,18). The van der Waals surface area contributed by atoms with E-state index in [2.05, 4.69) is 14.9 Å². The molecule has 0 atom stereocenters. The molecule has 1 aromatic heterocycles. The molecule has 1 fully saturated rings. The topological polar surface area (TPSA) is 75.3 Å². The lowest BCUT2D eigenvalue weighted by Crippen LogP contribution is -2.29. The molecule has 2 heterocycles. The molecule has 0 saturated carbocycles. The van der Waals surface area contributed by atoms with Gasteiger partial charge in [-0.25, -0.2) is 9.97 Å². The molecule has 1 aliphatic rings. The molecule has 1 saturated heterocycles. The Hall–Kier alpha value is -2.30. The van der Waals surface area contributed by atoms with Crippen LogP contribution in [0.2, 0.25) is 0 Å². The lowest BCUT2D eigenvalue weighted by molar-refractivity contribution is 0.477. The van der Waals surface area contributed by atoms with Gasteiger partial charge in [-0.2, -0.15) is 0 Å². The van der Waals surface area contributed by atoms with E-state index < -0.39 is 0 Å². The summed E-state index contributed by atoms with van der Waals surface area (Å²) in [6, 6.07) is 7.40. The minimum absolute atomic E-state index is 0.212. The van der Waals surface area contributed by atoms with Gasteiger partial charge in [0.2, 0.25) is 5.95 Å². The molecule has 1 aliphatic heterocycles. The Labute approximate surface area is 118 Å². The van der Waals surface area contributed by atoms with Crippen molar-refractivity contribution in [2.45, 2.75) is 19.3 Å². The van der Waals surface area contributed by atoms with Crippen LogP contribution in [0.3, 0.4) is 0 Å². The second-order valence-electron chi connectivity index (χ2n) is 5.05. The third-order valence-electron chi connectivity index (χ3n) is 3.65. The van der Waals surface area contributed by atoms with E-state index in [1.165, 1.54) is 19.3 Å². The number of rotatable bonds is 2. The number of nitrogens with two attached hydrogens (primary N) is 1. The first-order valence-electron chi connectivity index (χ1n) is 6.91. The molecule has 0 aliphatic carbocycles. The summed E-state index contributed by atoms with van der Waals surface area (Å²) >= 11 is 0. The Morgan fingerprint density at radius 3 is 2.65 bits per heavy atom. The average molecular weight is 270 g/mol. The summed E-state index contributed by atoms with van der Waals surface area (Å²) in [5, 5.41) is 10.1. The molecule has 5 heteroatoms. The van der Waals surface area contributed by atoms with Crippen molar-refractivity contribution in [3.05, 3.63) is 30.5 Å². The fourth-order valence-electron chi connectivity index (χ4n) is 2.60. The number of phenolic OH excluding ortho intramolecular Hbond substituents is 1. The zero-order valence-corrected chi connectivity index (χ0v) is 11.3. The molecule has 0 spiro atoms. The van der Waals surface area contributed by atoms with Crippen molar-refractivity contribution in [2.75, 3.05) is 23.7 Å². The molecule has 0 unspecified atom stereocenters. The first kappa shape index (κ1) is 12.7. The van der Waals surface area contributed by atoms with Crippen LogP contribution in [0, 0.1) is 0 Å². The van der Waals surface area contributed by atoms with Crippen molar-refractivity contribution < 1.29 is 5.11 Å². The molecule has 0 radical (unpaired) electrons. The number of anilines is 2. The second kappa shape index (κ2) is 5.36. The highest BCUT2D eigenvalue weighted by Crippen LogP contribution is 2.32. The van der Waals surface area contributed by atoms with Crippen molar-refractivity contribution in [1.29, 1.82) is 0 Å². The highest BCUT2D eigenvalue weighted by atomic mass is 16.3. The Morgan fingerprint density at radius 1 is 1.10 bits per heavy atom. The van der Waals surface area contributed by atoms with Gasteiger partial charge in [0.05, 0.1) is 5.69 Å². The second-order valence-corrected chi connectivity index (χ2v) is 5.05. The van der Waals surface area contributed by atoms with E-state index in [1.807, 2.05) is 12.1 Å². The van der Waals surface area contributed by atoms with Crippen LogP contribution < -0.4 is 10.6 Å². The average Bonchev–Trinajstić information content (AvgIpc) is 2.48. The van der Waals surface area contributed by atoms with Gasteiger partial charge in [-0.1, -0.05) is 0 Å². The predicted octanol–water partition coefficient (Wildman–Crippen LogP) is 2.42. The largest absolute Gasteiger partial charge is 0.507 e. The Balaban J connectivity index is 1.98. The van der Waals surface area contributed by atoms with Gasteiger partial charge >= 0.3 is 0 Å². The van der Waals surface area contributed by atoms with Gasteiger partial charge in [0.25, 0.3) is 0 Å². The molecule has 104 valence electrons. The molecule has 5 nitrogen and oxygen atoms in total. The van der Waals surface area contributed by atoms with Gasteiger partial charge in [0.15, 0.2) is 0 Å². The van der Waals surface area contributed by atoms with Crippen LogP contribution in [0.4, 0.5) is 11.6 Å². The number of aromatic nitrogens is 2. The first-order valence-corrected chi connectivity index (χ1v) is 6.91. The molecule has 0 amide bonds. The lowest BCUT2D eigenvalue weighted by Gasteiger charge is -2.29. The molecular formula is C15H18N4O. The molecular weight excluding hydrogens is 252 g/mol. The van der Waals surface area contributed by atoms with E-state index in [1.54, 1.807) is 18.3 Å². The van der Waals surface area contributed by atoms with Crippen LogP contribution in [-0.2, 0) is 0 Å². The fraction of sp³-hybridized carbons (Fsp3) is 0.333. The zero-order valence-electron chi connectivity index (χ0n) is 11.3. The monoisotopic (exact) mass is 270 g/mol. The maximum Gasteiger partial charge on any atom is 0.220 e. The van der Waals surface area contributed by atoms with Crippen LogP contribution in [0.15, 0.2) is 30.5 Å². The third-order valence-corrected chi connectivity index (χ3v) is 3.65. The fourth-order valence-corrected chi connectivity index (χ4v) is 2.60. The summed E-state index contributed by atoms with van der Waals surface area (Å²) in [7, 11) is 0. The minimum Gasteiger partial charge on any atom is -0.507 e. The van der Waals surface area contributed by atoms with Crippen molar-refractivity contribution in [3.8, 4) is 17.0 Å². The molecule has 3 N–H and O–H groups in total. The zero-order chi connectivity index (χ0) is 13.9. The quantitative estimate of drug-likeness (QED) is 0.876. The number of hydrogen-bond acceptors (Lipinski definition) is 5. The van der Waals surface area contributed by atoms with Gasteiger partial charge in [0.1, 0.15) is 5.75 Å². The number of piperidine rings is 1. The Kier molecular flexibility index (Phi) is 3.41. The van der Waals surface area contributed by atoms with Gasteiger partial charge in [-0.3, -0.25) is 0 Å². The molecule has 2 aromatic rings. The van der Waals surface area contributed by atoms with Crippen LogP contribution in [0.5, 0.6) is 5.75 Å². The van der Waals surface area contributed by atoms with Gasteiger partial charge < -0.3 is 15.7 Å². The number of hydrogen-bond donors (Lipinski definition) is 2. The maximum absolute atomic E-state index is 10.1. The molecule has 0 bridgehead atoms. The Morgan fingerprint density at radius 2 is 1.90 bits per heavy atom. The smallest absolute Gasteiger partial charge is 0.220 e. The lowest BCUT2D eigenvalue weighted by atomic mass is 10.1. The number of phenols is 1. The predicted molar refractivity (Wildman–Crippen MR) is 79.6 cm³/mol. The Bertz CT molecular complexity index is 609. The molecule has 20 heavy (non-hydrogen) atoms. The van der Waals surface area contributed by atoms with Crippen molar-refractivity contribution in [1.82, 2.24) is 9.97 Å². The summed E-state index contributed by atoms with van der Waals surface area (Å²) in [6.45, 7) is 2.13. The minimum atomic E-state index is 0.212. The van der Waals surface area contributed by atoms with Crippen LogP contribution in [0.1, 0.15) is 19.3 Å². The highest BCUT2D eigenvalue weighted by molar-refractivity contribution is 5.72. The normalized spacial score (nSPS) is 15.3. The summed E-state index contributed by atoms with van der Waals surface area (Å²) < 4.78 is 0. The first-order chi connectivity index (χ1) is 9.74. The third kappa shape index (κ3) is 2.52. The van der Waals surface area contributed by atoms with Gasteiger partial charge in [-0.05, 0) is 43.5 Å². The van der Waals surface area contributed by atoms with Gasteiger partial charge in [-0.15, -0.1) is 0 Å². The summed E-state index contributed by atoms with van der Waals surface area (Å²) in [5.74, 6) is 0.425. The SMILES string of the molecule is Nc1nccc(-c2cc(N3CCCCC3)ccc2O)n1. The van der Waals surface area contributed by atoms with Crippen molar-refractivity contribution >= 4 is 11.6 Å². The van der Waals surface area contributed by atoms with Crippen LogP contribution in [0.25, 0.3) is 11.3 Å². The van der Waals surface area contributed by atoms with E-state index in [4.69, 9.17) is 5.73 Å². The van der Waals surface area contributed by atoms with E-state index in [0.717, 1.165) is 18.8 Å². The van der Waals surface area contributed by atoms with Gasteiger partial charge in [0, 0.05) is 30.5 Å². The molecule has 3 rings (SSSR count). The molecule has 1 aromatic carbocycles. The van der Waals surface area contributed by atoms with Crippen molar-refractivity contribution in [2.24, 2.45) is 0 Å². The van der Waals surface area contributed by atoms with E-state index in [-0.39, 0.29) is 11.7 Å². The van der Waals surface area contributed by atoms with Crippen molar-refractivity contribution in [3.63, 3.8) is 0 Å². The number of benzene rings is 1. The number of nitrogens with zero attached hydrogens (tertiary/aromatic N) is 3.